The molecule has 1 saturated carbocycles. The lowest BCUT2D eigenvalue weighted by molar-refractivity contribution is 0.0146. The molecule has 0 aromatic rings. The van der Waals surface area contributed by atoms with Crippen molar-refractivity contribution in [1.29, 1.82) is 0 Å². The molecule has 120 valence electrons. The van der Waals surface area contributed by atoms with Crippen LogP contribution in [0.5, 0.6) is 0 Å². The molecule has 0 aromatic heterocycles. The summed E-state index contributed by atoms with van der Waals surface area (Å²) >= 11 is 0. The van der Waals surface area contributed by atoms with Crippen LogP contribution in [0.15, 0.2) is 0 Å². The summed E-state index contributed by atoms with van der Waals surface area (Å²) in [6.45, 7) is 8.63. The molecule has 4 nitrogen and oxygen atoms in total. The first-order valence-corrected chi connectivity index (χ1v) is 8.37. The first kappa shape index (κ1) is 17.9. The van der Waals surface area contributed by atoms with E-state index in [9.17, 15) is 0 Å². The molecule has 0 aliphatic heterocycles. The topological polar surface area (TPSA) is 39.7 Å². The smallest absolute Gasteiger partial charge is 0.0701 e. The Labute approximate surface area is 124 Å². The SMILES string of the molecule is CCCCOCCOCCOCCNCC1CCCC1. The monoisotopic (exact) mass is 287 g/mol. The van der Waals surface area contributed by atoms with Crippen LogP contribution in [0.1, 0.15) is 45.4 Å². The van der Waals surface area contributed by atoms with Crippen molar-refractivity contribution in [2.75, 3.05) is 52.7 Å². The van der Waals surface area contributed by atoms with E-state index < -0.39 is 0 Å². The van der Waals surface area contributed by atoms with E-state index in [0.29, 0.717) is 26.4 Å². The highest BCUT2D eigenvalue weighted by atomic mass is 16.5. The molecule has 1 N–H and O–H groups in total. The number of hydrogen-bond acceptors (Lipinski definition) is 4. The van der Waals surface area contributed by atoms with E-state index >= 15 is 0 Å². The Morgan fingerprint density at radius 2 is 1.45 bits per heavy atom. The summed E-state index contributed by atoms with van der Waals surface area (Å²) in [5.41, 5.74) is 0. The van der Waals surface area contributed by atoms with Gasteiger partial charge in [-0.05, 0) is 31.7 Å². The van der Waals surface area contributed by atoms with Crippen molar-refractivity contribution >= 4 is 0 Å². The molecule has 0 saturated heterocycles. The van der Waals surface area contributed by atoms with Crippen molar-refractivity contribution in [3.63, 3.8) is 0 Å². The van der Waals surface area contributed by atoms with E-state index in [0.717, 1.165) is 38.6 Å². The van der Waals surface area contributed by atoms with Gasteiger partial charge in [-0.2, -0.15) is 0 Å². The van der Waals surface area contributed by atoms with Crippen LogP contribution in [0.4, 0.5) is 0 Å². The van der Waals surface area contributed by atoms with Crippen LogP contribution in [0.3, 0.4) is 0 Å². The van der Waals surface area contributed by atoms with Crippen LogP contribution < -0.4 is 5.32 Å². The van der Waals surface area contributed by atoms with Gasteiger partial charge in [0.1, 0.15) is 0 Å². The van der Waals surface area contributed by atoms with Crippen molar-refractivity contribution in [3.05, 3.63) is 0 Å². The fourth-order valence-electron chi connectivity index (χ4n) is 2.45. The first-order chi connectivity index (χ1) is 9.93. The second kappa shape index (κ2) is 13.8. The lowest BCUT2D eigenvalue weighted by Crippen LogP contribution is -2.25. The lowest BCUT2D eigenvalue weighted by Gasteiger charge is -2.10. The summed E-state index contributed by atoms with van der Waals surface area (Å²) in [6, 6.07) is 0. The van der Waals surface area contributed by atoms with Crippen LogP contribution in [0.25, 0.3) is 0 Å². The Morgan fingerprint density at radius 3 is 2.10 bits per heavy atom. The molecular formula is C16H33NO3. The van der Waals surface area contributed by atoms with Crippen molar-refractivity contribution in [1.82, 2.24) is 5.32 Å². The molecule has 4 heteroatoms. The molecule has 1 aliphatic carbocycles. The summed E-state index contributed by atoms with van der Waals surface area (Å²) < 4.78 is 16.4. The number of hydrogen-bond donors (Lipinski definition) is 1. The van der Waals surface area contributed by atoms with E-state index in [1.54, 1.807) is 0 Å². The second-order valence-corrected chi connectivity index (χ2v) is 5.55. The van der Waals surface area contributed by atoms with Crippen LogP contribution in [0, 0.1) is 5.92 Å². The van der Waals surface area contributed by atoms with Crippen LogP contribution >= 0.6 is 0 Å². The van der Waals surface area contributed by atoms with Crippen molar-refractivity contribution < 1.29 is 14.2 Å². The largest absolute Gasteiger partial charge is 0.379 e. The van der Waals surface area contributed by atoms with Crippen LogP contribution in [0.2, 0.25) is 0 Å². The van der Waals surface area contributed by atoms with Gasteiger partial charge in [-0.3, -0.25) is 0 Å². The summed E-state index contributed by atoms with van der Waals surface area (Å²) in [4.78, 5) is 0. The van der Waals surface area contributed by atoms with Gasteiger partial charge in [0.25, 0.3) is 0 Å². The molecule has 1 fully saturated rings. The van der Waals surface area contributed by atoms with Crippen molar-refractivity contribution in [2.24, 2.45) is 5.92 Å². The average molecular weight is 287 g/mol. The number of unbranched alkanes of at least 4 members (excludes halogenated alkanes) is 1. The van der Waals surface area contributed by atoms with Crippen molar-refractivity contribution in [2.45, 2.75) is 45.4 Å². The minimum Gasteiger partial charge on any atom is -0.379 e. The van der Waals surface area contributed by atoms with Gasteiger partial charge in [0.05, 0.1) is 33.0 Å². The zero-order valence-corrected chi connectivity index (χ0v) is 13.2. The predicted molar refractivity (Wildman–Crippen MR) is 82.2 cm³/mol. The fourth-order valence-corrected chi connectivity index (χ4v) is 2.45. The number of nitrogens with one attached hydrogen (secondary N) is 1. The summed E-state index contributed by atoms with van der Waals surface area (Å²) in [6.07, 6.45) is 7.97. The van der Waals surface area contributed by atoms with Gasteiger partial charge in [0, 0.05) is 13.2 Å². The van der Waals surface area contributed by atoms with Crippen LogP contribution in [-0.2, 0) is 14.2 Å². The van der Waals surface area contributed by atoms with Gasteiger partial charge in [-0.25, -0.2) is 0 Å². The Kier molecular flexibility index (Phi) is 12.3. The molecule has 1 rings (SSSR count). The molecule has 20 heavy (non-hydrogen) atoms. The van der Waals surface area contributed by atoms with E-state index in [2.05, 4.69) is 12.2 Å². The highest BCUT2D eigenvalue weighted by Crippen LogP contribution is 2.23. The Morgan fingerprint density at radius 1 is 0.850 bits per heavy atom. The lowest BCUT2D eigenvalue weighted by atomic mass is 10.1. The zero-order valence-electron chi connectivity index (χ0n) is 13.2. The minimum atomic E-state index is 0.666. The number of ether oxygens (including phenoxy) is 3. The maximum absolute atomic E-state index is 5.52. The molecular weight excluding hydrogens is 254 g/mol. The highest BCUT2D eigenvalue weighted by molar-refractivity contribution is 4.69. The normalized spacial score (nSPS) is 16.1. The van der Waals surface area contributed by atoms with Gasteiger partial charge in [-0.1, -0.05) is 26.2 Å². The Bertz CT molecular complexity index is 196. The maximum Gasteiger partial charge on any atom is 0.0701 e. The number of rotatable bonds is 14. The third kappa shape index (κ3) is 10.6. The van der Waals surface area contributed by atoms with E-state index in [4.69, 9.17) is 14.2 Å². The Balaban J connectivity index is 1.66. The van der Waals surface area contributed by atoms with Gasteiger partial charge in [0.2, 0.25) is 0 Å². The Hall–Kier alpha value is -0.160. The maximum atomic E-state index is 5.52. The van der Waals surface area contributed by atoms with E-state index in [1.807, 2.05) is 0 Å². The van der Waals surface area contributed by atoms with Crippen LogP contribution in [-0.4, -0.2) is 52.7 Å². The molecule has 1 aliphatic rings. The molecule has 0 unspecified atom stereocenters. The molecule has 0 bridgehead atoms. The molecule has 0 atom stereocenters. The van der Waals surface area contributed by atoms with Gasteiger partial charge >= 0.3 is 0 Å². The average Bonchev–Trinajstić information content (AvgIpc) is 2.97. The second-order valence-electron chi connectivity index (χ2n) is 5.55. The third-order valence-electron chi connectivity index (χ3n) is 3.72. The quantitative estimate of drug-likeness (QED) is 0.499. The molecule has 0 amide bonds. The summed E-state index contributed by atoms with van der Waals surface area (Å²) in [5.74, 6) is 0.908. The third-order valence-corrected chi connectivity index (χ3v) is 3.72. The summed E-state index contributed by atoms with van der Waals surface area (Å²) in [7, 11) is 0. The van der Waals surface area contributed by atoms with Crippen molar-refractivity contribution in [3.8, 4) is 0 Å². The first-order valence-electron chi connectivity index (χ1n) is 8.37. The van der Waals surface area contributed by atoms with E-state index in [1.165, 1.54) is 32.1 Å². The molecule has 0 aromatic carbocycles. The zero-order chi connectivity index (χ0) is 14.3. The molecule has 0 radical (unpaired) electrons. The van der Waals surface area contributed by atoms with Gasteiger partial charge < -0.3 is 19.5 Å². The molecule has 0 heterocycles. The van der Waals surface area contributed by atoms with Gasteiger partial charge in [0.15, 0.2) is 0 Å². The minimum absolute atomic E-state index is 0.666. The fraction of sp³-hybridized carbons (Fsp3) is 1.00. The van der Waals surface area contributed by atoms with Gasteiger partial charge in [-0.15, -0.1) is 0 Å². The highest BCUT2D eigenvalue weighted by Gasteiger charge is 2.13. The molecule has 0 spiro atoms. The predicted octanol–water partition coefficient (Wildman–Crippen LogP) is 2.62. The standard InChI is InChI=1S/C16H33NO3/c1-2-3-9-18-11-13-20-14-12-19-10-8-17-15-16-6-4-5-7-16/h16-17H,2-15H2,1H3. The van der Waals surface area contributed by atoms with E-state index in [-0.39, 0.29) is 0 Å². The summed E-state index contributed by atoms with van der Waals surface area (Å²) in [5, 5.41) is 3.47.